The predicted molar refractivity (Wildman–Crippen MR) is 157 cm³/mol. The van der Waals surface area contributed by atoms with Crippen LogP contribution in [-0.4, -0.2) is 73.0 Å². The molecule has 236 valence electrons. The van der Waals surface area contributed by atoms with E-state index in [0.29, 0.717) is 12.8 Å². The molecule has 0 heterocycles. The number of benzene rings is 3. The molecule has 0 aliphatic carbocycles. The van der Waals surface area contributed by atoms with Crippen LogP contribution in [0.15, 0.2) is 87.5 Å². The maximum Gasteiger partial charge on any atom is 0.294 e. The monoisotopic (exact) mass is 650 g/mol. The van der Waals surface area contributed by atoms with E-state index in [-0.39, 0.29) is 27.9 Å². The number of aliphatic hydroxyl groups is 3. The van der Waals surface area contributed by atoms with Crippen LogP contribution in [0.2, 0.25) is 0 Å². The molecule has 0 unspecified atom stereocenters. The van der Waals surface area contributed by atoms with Crippen LogP contribution in [0.4, 0.5) is 0 Å². The normalized spacial score (nSPS) is 11.6. The Morgan fingerprint density at radius 1 is 0.500 bits per heavy atom. The molecule has 0 radical (unpaired) electrons. The Kier molecular flexibility index (Phi) is 16.3. The van der Waals surface area contributed by atoms with Crippen molar-refractivity contribution < 1.29 is 54.2 Å². The zero-order valence-corrected chi connectivity index (χ0v) is 26.1. The maximum atomic E-state index is 10.5. The second-order valence-corrected chi connectivity index (χ2v) is 13.6. The Morgan fingerprint density at radius 3 is 0.833 bits per heavy atom. The number of hydrogen-bond donors (Lipinski definition) is 6. The van der Waals surface area contributed by atoms with Crippen LogP contribution >= 0.6 is 0 Å². The lowest BCUT2D eigenvalue weighted by molar-refractivity contribution is 0.0116. The third kappa shape index (κ3) is 17.3. The van der Waals surface area contributed by atoms with E-state index in [4.69, 9.17) is 23.9 Å². The molecule has 0 aliphatic rings. The van der Waals surface area contributed by atoms with Gasteiger partial charge in [0.1, 0.15) is 0 Å². The number of rotatable bonds is 7. The van der Waals surface area contributed by atoms with Gasteiger partial charge in [-0.15, -0.1) is 0 Å². The number of hydrogen-bond acceptors (Lipinski definition) is 9. The molecule has 0 amide bonds. The molecule has 0 aromatic heterocycles. The third-order valence-electron chi connectivity index (χ3n) is 5.26. The molecule has 3 aromatic carbocycles. The average Bonchev–Trinajstić information content (AvgIpc) is 2.84. The largest absolute Gasteiger partial charge is 0.396 e. The van der Waals surface area contributed by atoms with Crippen molar-refractivity contribution in [3.63, 3.8) is 0 Å². The second kappa shape index (κ2) is 17.4. The smallest absolute Gasteiger partial charge is 0.294 e. The number of aliphatic hydroxyl groups excluding tert-OH is 2. The van der Waals surface area contributed by atoms with E-state index in [1.54, 1.807) is 43.3 Å². The quantitative estimate of drug-likeness (QED) is 0.203. The lowest BCUT2D eigenvalue weighted by atomic mass is 10.00. The molecule has 0 spiro atoms. The second-order valence-electron chi connectivity index (χ2n) is 9.31. The van der Waals surface area contributed by atoms with Crippen molar-refractivity contribution in [1.29, 1.82) is 0 Å². The van der Waals surface area contributed by atoms with E-state index < -0.39 is 36.0 Å². The average molecular weight is 651 g/mol. The molecular formula is C27H38O12S3. The van der Waals surface area contributed by atoms with Gasteiger partial charge in [-0.2, -0.15) is 25.3 Å². The first-order chi connectivity index (χ1) is 19.1. The standard InChI is InChI=1S/3C7H8O3S.C6H14O3/c3*1-6-2-4-7(5-3-6)11(8,9)10;1-6(9,2-4-7)3-5-8/h3*2-5H,1H3,(H,8,9,10);7-9H,2-5H2,1H3. The van der Waals surface area contributed by atoms with Crippen molar-refractivity contribution in [2.45, 2.75) is 60.8 Å². The summed E-state index contributed by atoms with van der Waals surface area (Å²) in [6.45, 7) is 7.05. The van der Waals surface area contributed by atoms with Gasteiger partial charge in [0.25, 0.3) is 30.4 Å². The van der Waals surface area contributed by atoms with Gasteiger partial charge in [-0.25, -0.2) is 0 Å². The highest BCUT2D eigenvalue weighted by Gasteiger charge is 2.17. The Labute approximate surface area is 247 Å². The Balaban J connectivity index is 0.000000536. The molecule has 0 saturated carbocycles. The molecule has 0 bridgehead atoms. The fraction of sp³-hybridized carbons (Fsp3) is 0.333. The molecule has 15 heteroatoms. The molecule has 3 rings (SSSR count). The van der Waals surface area contributed by atoms with Gasteiger partial charge in [-0.05, 0) is 76.9 Å². The van der Waals surface area contributed by atoms with Gasteiger partial charge in [0.05, 0.1) is 20.3 Å². The Hall–Kier alpha value is -2.73. The van der Waals surface area contributed by atoms with E-state index in [2.05, 4.69) is 0 Å². The fourth-order valence-corrected chi connectivity index (χ4v) is 4.18. The van der Waals surface area contributed by atoms with Gasteiger partial charge >= 0.3 is 0 Å². The van der Waals surface area contributed by atoms with E-state index in [0.717, 1.165) is 16.7 Å². The summed E-state index contributed by atoms with van der Waals surface area (Å²) >= 11 is 0. The molecule has 6 N–H and O–H groups in total. The Bertz CT molecular complexity index is 1350. The summed E-state index contributed by atoms with van der Waals surface area (Å²) in [5, 5.41) is 26.0. The molecule has 0 aliphatic heterocycles. The summed E-state index contributed by atoms with van der Waals surface area (Å²) < 4.78 is 88.7. The zero-order valence-electron chi connectivity index (χ0n) is 23.6. The summed E-state index contributed by atoms with van der Waals surface area (Å²) in [5.74, 6) is 0. The first kappa shape index (κ1) is 39.3. The van der Waals surface area contributed by atoms with Gasteiger partial charge < -0.3 is 15.3 Å². The van der Waals surface area contributed by atoms with Gasteiger partial charge in [0.15, 0.2) is 0 Å². The first-order valence-electron chi connectivity index (χ1n) is 12.2. The zero-order chi connectivity index (χ0) is 32.8. The molecule has 0 fully saturated rings. The minimum Gasteiger partial charge on any atom is -0.396 e. The minimum atomic E-state index is -4.02. The third-order valence-corrected chi connectivity index (χ3v) is 7.86. The molecule has 12 nitrogen and oxygen atoms in total. The summed E-state index contributed by atoms with van der Waals surface area (Å²) in [5.41, 5.74) is 1.97. The highest BCUT2D eigenvalue weighted by molar-refractivity contribution is 7.86. The predicted octanol–water partition coefficient (Wildman–Crippen LogP) is 3.23. The molecule has 0 atom stereocenters. The van der Waals surface area contributed by atoms with Crippen LogP contribution in [0.5, 0.6) is 0 Å². The van der Waals surface area contributed by atoms with Crippen molar-refractivity contribution >= 4 is 30.4 Å². The highest BCUT2D eigenvalue weighted by atomic mass is 32.2. The van der Waals surface area contributed by atoms with Gasteiger partial charge in [0.2, 0.25) is 0 Å². The van der Waals surface area contributed by atoms with Crippen molar-refractivity contribution in [2.75, 3.05) is 13.2 Å². The molecular weight excluding hydrogens is 612 g/mol. The molecule has 0 saturated heterocycles. The lowest BCUT2D eigenvalue weighted by Crippen LogP contribution is -2.26. The van der Waals surface area contributed by atoms with E-state index >= 15 is 0 Å². The van der Waals surface area contributed by atoms with Crippen LogP contribution in [0, 0.1) is 20.8 Å². The summed E-state index contributed by atoms with van der Waals surface area (Å²) in [6.07, 6.45) is 0.654. The maximum absolute atomic E-state index is 10.5. The highest BCUT2D eigenvalue weighted by Crippen LogP contribution is 2.12. The fourth-order valence-electron chi connectivity index (χ4n) is 2.74. The Morgan fingerprint density at radius 2 is 0.690 bits per heavy atom. The van der Waals surface area contributed by atoms with Crippen molar-refractivity contribution in [2.24, 2.45) is 0 Å². The summed E-state index contributed by atoms with van der Waals surface area (Å²) in [6, 6.07) is 18.0. The van der Waals surface area contributed by atoms with Crippen LogP contribution in [0.25, 0.3) is 0 Å². The van der Waals surface area contributed by atoms with Crippen molar-refractivity contribution in [3.8, 4) is 0 Å². The van der Waals surface area contributed by atoms with Crippen LogP contribution < -0.4 is 0 Å². The van der Waals surface area contributed by atoms with Gasteiger partial charge in [-0.1, -0.05) is 53.1 Å². The lowest BCUT2D eigenvalue weighted by Gasteiger charge is -2.20. The summed E-state index contributed by atoms with van der Waals surface area (Å²) in [7, 11) is -12.1. The topological polar surface area (TPSA) is 224 Å². The number of aryl methyl sites for hydroxylation is 3. The van der Waals surface area contributed by atoms with E-state index in [1.165, 1.54) is 36.4 Å². The van der Waals surface area contributed by atoms with Gasteiger partial charge in [-0.3, -0.25) is 13.7 Å². The van der Waals surface area contributed by atoms with Gasteiger partial charge in [0, 0.05) is 13.2 Å². The first-order valence-corrected chi connectivity index (χ1v) is 16.5. The van der Waals surface area contributed by atoms with Crippen molar-refractivity contribution in [1.82, 2.24) is 0 Å². The minimum absolute atomic E-state index is 0.0347. The summed E-state index contributed by atoms with van der Waals surface area (Å²) in [4.78, 5) is -0.200. The SMILES string of the molecule is CC(O)(CCO)CCO.Cc1ccc(S(=O)(=O)O)cc1.Cc1ccc(S(=O)(=O)O)cc1.Cc1ccc(S(=O)(=O)O)cc1. The molecule has 3 aromatic rings. The molecule has 42 heavy (non-hydrogen) atoms. The van der Waals surface area contributed by atoms with E-state index in [9.17, 15) is 30.4 Å². The van der Waals surface area contributed by atoms with Crippen molar-refractivity contribution in [3.05, 3.63) is 89.5 Å². The van der Waals surface area contributed by atoms with E-state index in [1.807, 2.05) is 20.8 Å². The van der Waals surface area contributed by atoms with Crippen LogP contribution in [0.3, 0.4) is 0 Å². The van der Waals surface area contributed by atoms with Crippen LogP contribution in [0.1, 0.15) is 36.5 Å². The van der Waals surface area contributed by atoms with Crippen LogP contribution in [-0.2, 0) is 30.4 Å².